The zero-order valence-electron chi connectivity index (χ0n) is 15.3. The van der Waals surface area contributed by atoms with Gasteiger partial charge in [0.1, 0.15) is 11.5 Å². The van der Waals surface area contributed by atoms with E-state index >= 15 is 0 Å². The van der Waals surface area contributed by atoms with E-state index in [1.54, 1.807) is 24.3 Å². The van der Waals surface area contributed by atoms with Crippen LogP contribution < -0.4 is 15.5 Å². The Morgan fingerprint density at radius 3 is 2.32 bits per heavy atom. The van der Waals surface area contributed by atoms with Crippen LogP contribution in [0.25, 0.3) is 0 Å². The summed E-state index contributed by atoms with van der Waals surface area (Å²) in [6.45, 7) is 1.94. The van der Waals surface area contributed by atoms with Crippen molar-refractivity contribution in [3.63, 3.8) is 0 Å². The number of hydrogen-bond donors (Lipinski definition) is 2. The molecule has 0 fully saturated rings. The number of ether oxygens (including phenoxy) is 1. The molecule has 140 valence electrons. The second-order valence-electron chi connectivity index (χ2n) is 6.01. The lowest BCUT2D eigenvalue weighted by molar-refractivity contribution is -0.136. The summed E-state index contributed by atoms with van der Waals surface area (Å²) in [4.78, 5) is 23.7. The van der Waals surface area contributed by atoms with Gasteiger partial charge < -0.3 is 10.1 Å². The molecule has 0 radical (unpaired) electrons. The fourth-order valence-corrected chi connectivity index (χ4v) is 2.32. The predicted molar refractivity (Wildman–Crippen MR) is 109 cm³/mol. The number of aryl methyl sites for hydroxylation is 1. The fraction of sp³-hybridized carbons (Fsp3) is 0.0455. The van der Waals surface area contributed by atoms with Crippen molar-refractivity contribution in [3.8, 4) is 11.5 Å². The van der Waals surface area contributed by atoms with Gasteiger partial charge in [0.25, 0.3) is 0 Å². The van der Waals surface area contributed by atoms with Crippen molar-refractivity contribution >= 4 is 23.7 Å². The molecule has 0 heterocycles. The fourth-order valence-electron chi connectivity index (χ4n) is 2.32. The monoisotopic (exact) mass is 373 g/mol. The Kier molecular flexibility index (Phi) is 6.15. The summed E-state index contributed by atoms with van der Waals surface area (Å²) in [6, 6.07) is 23.7. The van der Waals surface area contributed by atoms with Crippen LogP contribution in [-0.2, 0) is 9.59 Å². The molecule has 0 unspecified atom stereocenters. The second kappa shape index (κ2) is 9.14. The van der Waals surface area contributed by atoms with Crippen LogP contribution in [0, 0.1) is 6.92 Å². The smallest absolute Gasteiger partial charge is 0.329 e. The lowest BCUT2D eigenvalue weighted by Gasteiger charge is -2.06. The summed E-state index contributed by atoms with van der Waals surface area (Å²) >= 11 is 0. The standard InChI is InChI=1S/C22H19N3O3/c1-16-10-12-18(13-11-16)24-21(26)22(27)25-23-15-17-6-5-9-20(14-17)28-19-7-3-2-4-8-19/h2-15H,1H3,(H,24,26)(H,25,27)/b23-15-. The molecular weight excluding hydrogens is 354 g/mol. The first kappa shape index (κ1) is 18.8. The Hall–Kier alpha value is -3.93. The maximum atomic E-state index is 11.9. The molecule has 0 bridgehead atoms. The van der Waals surface area contributed by atoms with Crippen LogP contribution in [0.1, 0.15) is 11.1 Å². The molecule has 0 aromatic heterocycles. The topological polar surface area (TPSA) is 79.8 Å². The molecular formula is C22H19N3O3. The van der Waals surface area contributed by atoms with E-state index in [9.17, 15) is 9.59 Å². The Labute approximate surface area is 162 Å². The number of para-hydroxylation sites is 1. The van der Waals surface area contributed by atoms with Crippen molar-refractivity contribution in [1.82, 2.24) is 5.43 Å². The van der Waals surface area contributed by atoms with Gasteiger partial charge in [-0.25, -0.2) is 5.43 Å². The third-order valence-electron chi connectivity index (χ3n) is 3.73. The quantitative estimate of drug-likeness (QED) is 0.405. The number of carbonyl (C=O) groups is 2. The molecule has 0 aliphatic carbocycles. The first-order valence-electron chi connectivity index (χ1n) is 8.64. The van der Waals surface area contributed by atoms with Crippen molar-refractivity contribution in [3.05, 3.63) is 90.0 Å². The van der Waals surface area contributed by atoms with Crippen molar-refractivity contribution in [2.24, 2.45) is 5.10 Å². The highest BCUT2D eigenvalue weighted by Crippen LogP contribution is 2.21. The van der Waals surface area contributed by atoms with E-state index < -0.39 is 11.8 Å². The molecule has 28 heavy (non-hydrogen) atoms. The van der Waals surface area contributed by atoms with Gasteiger partial charge in [0, 0.05) is 5.69 Å². The van der Waals surface area contributed by atoms with Gasteiger partial charge in [-0.3, -0.25) is 9.59 Å². The Balaban J connectivity index is 1.55. The maximum absolute atomic E-state index is 11.9. The average Bonchev–Trinajstić information content (AvgIpc) is 2.71. The summed E-state index contributed by atoms with van der Waals surface area (Å²) in [5, 5.41) is 6.33. The predicted octanol–water partition coefficient (Wildman–Crippen LogP) is 3.88. The van der Waals surface area contributed by atoms with E-state index in [4.69, 9.17) is 4.74 Å². The molecule has 2 N–H and O–H groups in total. The third kappa shape index (κ3) is 5.54. The Morgan fingerprint density at radius 2 is 1.57 bits per heavy atom. The molecule has 6 heteroatoms. The van der Waals surface area contributed by atoms with Crippen molar-refractivity contribution < 1.29 is 14.3 Å². The summed E-state index contributed by atoms with van der Waals surface area (Å²) in [5.41, 5.74) is 4.53. The highest BCUT2D eigenvalue weighted by Gasteiger charge is 2.12. The molecule has 3 aromatic carbocycles. The molecule has 6 nitrogen and oxygen atoms in total. The van der Waals surface area contributed by atoms with E-state index in [2.05, 4.69) is 15.8 Å². The van der Waals surface area contributed by atoms with Crippen molar-refractivity contribution in [2.75, 3.05) is 5.32 Å². The van der Waals surface area contributed by atoms with E-state index in [1.165, 1.54) is 6.21 Å². The summed E-state index contributed by atoms with van der Waals surface area (Å²) in [7, 11) is 0. The Morgan fingerprint density at radius 1 is 0.857 bits per heavy atom. The number of benzene rings is 3. The van der Waals surface area contributed by atoms with Gasteiger partial charge in [0.2, 0.25) is 0 Å². The molecule has 3 rings (SSSR count). The zero-order chi connectivity index (χ0) is 19.8. The van der Waals surface area contributed by atoms with Crippen LogP contribution in [0.3, 0.4) is 0 Å². The summed E-state index contributed by atoms with van der Waals surface area (Å²) in [6.07, 6.45) is 1.44. The first-order valence-corrected chi connectivity index (χ1v) is 8.64. The SMILES string of the molecule is Cc1ccc(NC(=O)C(=O)N/N=C\c2cccc(Oc3ccccc3)c2)cc1. The number of nitrogens with one attached hydrogen (secondary N) is 2. The van der Waals surface area contributed by atoms with E-state index in [1.807, 2.05) is 61.5 Å². The largest absolute Gasteiger partial charge is 0.457 e. The number of nitrogens with zero attached hydrogens (tertiary/aromatic N) is 1. The van der Waals surface area contributed by atoms with Crippen molar-refractivity contribution in [1.29, 1.82) is 0 Å². The summed E-state index contributed by atoms with van der Waals surface area (Å²) < 4.78 is 5.75. The zero-order valence-corrected chi connectivity index (χ0v) is 15.3. The minimum atomic E-state index is -0.853. The lowest BCUT2D eigenvalue weighted by Crippen LogP contribution is -2.32. The normalized spacial score (nSPS) is 10.5. The molecule has 0 saturated heterocycles. The number of carbonyl (C=O) groups excluding carboxylic acids is 2. The lowest BCUT2D eigenvalue weighted by atomic mass is 10.2. The van der Waals surface area contributed by atoms with Crippen LogP contribution >= 0.6 is 0 Å². The van der Waals surface area contributed by atoms with Gasteiger partial charge >= 0.3 is 11.8 Å². The van der Waals surface area contributed by atoms with Crippen LogP contribution in [0.4, 0.5) is 5.69 Å². The first-order chi connectivity index (χ1) is 13.6. The summed E-state index contributed by atoms with van der Waals surface area (Å²) in [5.74, 6) is -0.285. The van der Waals surface area contributed by atoms with Gasteiger partial charge in [-0.15, -0.1) is 0 Å². The van der Waals surface area contributed by atoms with Crippen LogP contribution in [0.5, 0.6) is 11.5 Å². The number of amides is 2. The van der Waals surface area contributed by atoms with Crippen molar-refractivity contribution in [2.45, 2.75) is 6.92 Å². The van der Waals surface area contributed by atoms with Gasteiger partial charge in [-0.1, -0.05) is 48.0 Å². The molecule has 0 atom stereocenters. The molecule has 0 aliphatic heterocycles. The second-order valence-corrected chi connectivity index (χ2v) is 6.01. The van der Waals surface area contributed by atoms with Gasteiger partial charge in [-0.05, 0) is 48.9 Å². The van der Waals surface area contributed by atoms with Crippen LogP contribution in [-0.4, -0.2) is 18.0 Å². The Bertz CT molecular complexity index is 983. The highest BCUT2D eigenvalue weighted by molar-refractivity contribution is 6.39. The molecule has 2 amide bonds. The molecule has 0 spiro atoms. The van der Waals surface area contributed by atoms with Gasteiger partial charge in [0.15, 0.2) is 0 Å². The van der Waals surface area contributed by atoms with E-state index in [0.717, 1.165) is 11.3 Å². The number of hydrazone groups is 1. The minimum absolute atomic E-state index is 0.542. The number of hydrogen-bond acceptors (Lipinski definition) is 4. The highest BCUT2D eigenvalue weighted by atomic mass is 16.5. The van der Waals surface area contributed by atoms with Crippen LogP contribution in [0.15, 0.2) is 84.0 Å². The molecule has 0 aliphatic rings. The van der Waals surface area contributed by atoms with Gasteiger partial charge in [0.05, 0.1) is 6.21 Å². The number of anilines is 1. The van der Waals surface area contributed by atoms with Gasteiger partial charge in [-0.2, -0.15) is 5.10 Å². The van der Waals surface area contributed by atoms with Crippen LogP contribution in [0.2, 0.25) is 0 Å². The van der Waals surface area contributed by atoms with E-state index in [-0.39, 0.29) is 0 Å². The minimum Gasteiger partial charge on any atom is -0.457 e. The maximum Gasteiger partial charge on any atom is 0.329 e. The number of rotatable bonds is 5. The molecule has 3 aromatic rings. The average molecular weight is 373 g/mol. The van der Waals surface area contributed by atoms with E-state index in [0.29, 0.717) is 17.0 Å². The third-order valence-corrected chi connectivity index (χ3v) is 3.73. The molecule has 0 saturated carbocycles.